The van der Waals surface area contributed by atoms with Gasteiger partial charge in [-0.05, 0) is 18.1 Å². The van der Waals surface area contributed by atoms with Gasteiger partial charge in [-0.1, -0.05) is 19.9 Å². The molecule has 0 aromatic carbocycles. The molecule has 0 fully saturated rings. The van der Waals surface area contributed by atoms with E-state index in [4.69, 9.17) is 11.6 Å². The summed E-state index contributed by atoms with van der Waals surface area (Å²) in [7, 11) is -3.31. The van der Waals surface area contributed by atoms with E-state index in [1.807, 2.05) is 26.0 Å². The summed E-state index contributed by atoms with van der Waals surface area (Å²) in [6, 6.07) is 5.24. The number of aromatic nitrogens is 1. The fourth-order valence-electron chi connectivity index (χ4n) is 1.42. The molecule has 0 saturated carbocycles. The summed E-state index contributed by atoms with van der Waals surface area (Å²) >= 11 is 5.75. The lowest BCUT2D eigenvalue weighted by Gasteiger charge is -2.19. The van der Waals surface area contributed by atoms with Crippen molar-refractivity contribution in [2.75, 3.05) is 11.6 Å². The number of nitrogens with zero attached hydrogens (tertiary/aromatic N) is 1. The predicted molar refractivity (Wildman–Crippen MR) is 74.2 cm³/mol. The zero-order chi connectivity index (χ0) is 13.6. The molecule has 1 unspecified atom stereocenters. The number of sulfonamides is 1. The SMILES string of the molecule is CC(C)C(CCl)NS(=O)(=O)CCc1ccccn1. The molecule has 0 radical (unpaired) electrons. The van der Waals surface area contributed by atoms with Crippen molar-refractivity contribution in [2.45, 2.75) is 26.3 Å². The highest BCUT2D eigenvalue weighted by Crippen LogP contribution is 2.06. The molecule has 0 aliphatic carbocycles. The summed E-state index contributed by atoms with van der Waals surface area (Å²) in [5, 5.41) is 0. The van der Waals surface area contributed by atoms with Crippen LogP contribution in [-0.4, -0.2) is 31.1 Å². The van der Waals surface area contributed by atoms with Gasteiger partial charge >= 0.3 is 0 Å². The lowest BCUT2D eigenvalue weighted by atomic mass is 10.1. The minimum atomic E-state index is -3.31. The van der Waals surface area contributed by atoms with Crippen LogP contribution in [-0.2, 0) is 16.4 Å². The molecule has 18 heavy (non-hydrogen) atoms. The van der Waals surface area contributed by atoms with Gasteiger partial charge < -0.3 is 0 Å². The van der Waals surface area contributed by atoms with Gasteiger partial charge in [-0.25, -0.2) is 13.1 Å². The molecule has 1 rings (SSSR count). The second-order valence-corrected chi connectivity index (χ2v) is 6.69. The van der Waals surface area contributed by atoms with Crippen LogP contribution in [0.15, 0.2) is 24.4 Å². The molecule has 6 heteroatoms. The Kier molecular flexibility index (Phi) is 6.05. The van der Waals surface area contributed by atoms with E-state index >= 15 is 0 Å². The average molecular weight is 291 g/mol. The third-order valence-corrected chi connectivity index (χ3v) is 4.39. The molecule has 0 spiro atoms. The van der Waals surface area contributed by atoms with Crippen molar-refractivity contribution < 1.29 is 8.42 Å². The summed E-state index contributed by atoms with van der Waals surface area (Å²) in [6.45, 7) is 3.88. The smallest absolute Gasteiger partial charge is 0.212 e. The van der Waals surface area contributed by atoms with Gasteiger partial charge in [-0.3, -0.25) is 4.98 Å². The van der Waals surface area contributed by atoms with E-state index < -0.39 is 10.0 Å². The molecule has 0 aliphatic heterocycles. The minimum absolute atomic E-state index is 0.0319. The van der Waals surface area contributed by atoms with E-state index in [1.54, 1.807) is 12.3 Å². The Balaban J connectivity index is 2.55. The lowest BCUT2D eigenvalue weighted by molar-refractivity contribution is 0.480. The molecule has 1 aromatic heterocycles. The van der Waals surface area contributed by atoms with Gasteiger partial charge in [-0.15, -0.1) is 11.6 Å². The van der Waals surface area contributed by atoms with Crippen LogP contribution in [0, 0.1) is 5.92 Å². The highest BCUT2D eigenvalue weighted by Gasteiger charge is 2.19. The molecular formula is C12H19ClN2O2S. The van der Waals surface area contributed by atoms with E-state index in [1.165, 1.54) is 0 Å². The third kappa shape index (κ3) is 5.33. The van der Waals surface area contributed by atoms with Crippen molar-refractivity contribution in [3.63, 3.8) is 0 Å². The number of rotatable bonds is 7. The van der Waals surface area contributed by atoms with E-state index in [-0.39, 0.29) is 23.6 Å². The van der Waals surface area contributed by atoms with Crippen LogP contribution in [0.25, 0.3) is 0 Å². The maximum absolute atomic E-state index is 11.9. The predicted octanol–water partition coefficient (Wildman–Crippen LogP) is 1.81. The Morgan fingerprint density at radius 3 is 2.61 bits per heavy atom. The number of aryl methyl sites for hydroxylation is 1. The van der Waals surface area contributed by atoms with Crippen LogP contribution >= 0.6 is 11.6 Å². The van der Waals surface area contributed by atoms with E-state index in [9.17, 15) is 8.42 Å². The number of halogens is 1. The van der Waals surface area contributed by atoms with Gasteiger partial charge in [0.1, 0.15) is 0 Å². The number of nitrogens with one attached hydrogen (secondary N) is 1. The molecule has 4 nitrogen and oxygen atoms in total. The quantitative estimate of drug-likeness (QED) is 0.779. The molecular weight excluding hydrogens is 272 g/mol. The number of hydrogen-bond acceptors (Lipinski definition) is 3. The second kappa shape index (κ2) is 7.07. The van der Waals surface area contributed by atoms with Crippen molar-refractivity contribution in [1.29, 1.82) is 0 Å². The highest BCUT2D eigenvalue weighted by molar-refractivity contribution is 7.89. The van der Waals surface area contributed by atoms with Crippen LogP contribution in [0.5, 0.6) is 0 Å². The van der Waals surface area contributed by atoms with E-state index in [0.717, 1.165) is 5.69 Å². The zero-order valence-electron chi connectivity index (χ0n) is 10.6. The van der Waals surface area contributed by atoms with Crippen LogP contribution in [0.3, 0.4) is 0 Å². The summed E-state index contributed by atoms with van der Waals surface area (Å²) in [6.07, 6.45) is 2.06. The number of pyridine rings is 1. The fourth-order valence-corrected chi connectivity index (χ4v) is 3.36. The standard InChI is InChI=1S/C12H19ClN2O2S/c1-10(2)12(9-13)15-18(16,17)8-6-11-5-3-4-7-14-11/h3-5,7,10,12,15H,6,8-9H2,1-2H3. The lowest BCUT2D eigenvalue weighted by Crippen LogP contribution is -2.41. The monoisotopic (exact) mass is 290 g/mol. The highest BCUT2D eigenvalue weighted by atomic mass is 35.5. The molecule has 1 atom stereocenters. The Hall–Kier alpha value is -0.650. The number of hydrogen-bond donors (Lipinski definition) is 1. The van der Waals surface area contributed by atoms with E-state index in [0.29, 0.717) is 6.42 Å². The van der Waals surface area contributed by atoms with Crippen LogP contribution in [0.4, 0.5) is 0 Å². The van der Waals surface area contributed by atoms with Gasteiger partial charge in [0.25, 0.3) is 0 Å². The normalized spacial score (nSPS) is 13.8. The summed E-state index contributed by atoms with van der Waals surface area (Å²) < 4.78 is 26.4. The van der Waals surface area contributed by atoms with Crippen molar-refractivity contribution >= 4 is 21.6 Å². The van der Waals surface area contributed by atoms with Crippen molar-refractivity contribution in [2.24, 2.45) is 5.92 Å². The first-order valence-corrected chi connectivity index (χ1v) is 8.09. The first-order valence-electron chi connectivity index (χ1n) is 5.90. The van der Waals surface area contributed by atoms with Gasteiger partial charge in [0.05, 0.1) is 5.75 Å². The van der Waals surface area contributed by atoms with Gasteiger partial charge in [0.2, 0.25) is 10.0 Å². The average Bonchev–Trinajstić information content (AvgIpc) is 2.35. The number of alkyl halides is 1. The first kappa shape index (κ1) is 15.4. The molecule has 1 heterocycles. The maximum atomic E-state index is 11.9. The molecule has 1 aromatic rings. The molecule has 102 valence electrons. The Bertz CT molecular complexity index is 448. The topological polar surface area (TPSA) is 59.1 Å². The Morgan fingerprint density at radius 1 is 1.39 bits per heavy atom. The molecule has 0 aliphatic rings. The van der Waals surface area contributed by atoms with Gasteiger partial charge in [-0.2, -0.15) is 0 Å². The van der Waals surface area contributed by atoms with Gasteiger partial charge in [0.15, 0.2) is 0 Å². The minimum Gasteiger partial charge on any atom is -0.261 e. The Labute approximate surface area is 114 Å². The van der Waals surface area contributed by atoms with Crippen LogP contribution in [0.2, 0.25) is 0 Å². The summed E-state index contributed by atoms with van der Waals surface area (Å²) in [4.78, 5) is 4.10. The van der Waals surface area contributed by atoms with E-state index in [2.05, 4.69) is 9.71 Å². The molecule has 0 saturated heterocycles. The summed E-state index contributed by atoms with van der Waals surface area (Å²) in [5.41, 5.74) is 0.773. The zero-order valence-corrected chi connectivity index (χ0v) is 12.2. The summed E-state index contributed by atoms with van der Waals surface area (Å²) in [5.74, 6) is 0.483. The van der Waals surface area contributed by atoms with Crippen molar-refractivity contribution in [1.82, 2.24) is 9.71 Å². The molecule has 0 bridgehead atoms. The molecule has 0 amide bonds. The van der Waals surface area contributed by atoms with Crippen LogP contribution < -0.4 is 4.72 Å². The Morgan fingerprint density at radius 2 is 2.11 bits per heavy atom. The van der Waals surface area contributed by atoms with Crippen LogP contribution in [0.1, 0.15) is 19.5 Å². The first-order chi connectivity index (χ1) is 8.44. The molecule has 1 N–H and O–H groups in total. The largest absolute Gasteiger partial charge is 0.261 e. The fraction of sp³-hybridized carbons (Fsp3) is 0.583. The van der Waals surface area contributed by atoms with Crippen molar-refractivity contribution in [3.8, 4) is 0 Å². The maximum Gasteiger partial charge on any atom is 0.212 e. The third-order valence-electron chi connectivity index (χ3n) is 2.65. The van der Waals surface area contributed by atoms with Gasteiger partial charge in [0, 0.05) is 30.2 Å². The van der Waals surface area contributed by atoms with Crippen molar-refractivity contribution in [3.05, 3.63) is 30.1 Å². The second-order valence-electron chi connectivity index (χ2n) is 4.51.